The first-order chi connectivity index (χ1) is 31.3. The highest BCUT2D eigenvalue weighted by atomic mass is 33.1. The van der Waals surface area contributed by atoms with Crippen molar-refractivity contribution in [3.05, 3.63) is 123 Å². The molecule has 10 nitrogen and oxygen atoms in total. The maximum Gasteiger partial charge on any atom is 0.161 e. The molecule has 12 heteroatoms. The number of carbonyl (C=O) groups excluding carboxylic acids is 1. The maximum atomic E-state index is 14.2. The van der Waals surface area contributed by atoms with Gasteiger partial charge in [-0.25, -0.2) is 0 Å². The number of benzene rings is 3. The number of hydrogen-bond acceptors (Lipinski definition) is 12. The van der Waals surface area contributed by atoms with Gasteiger partial charge in [0.2, 0.25) is 0 Å². The number of aliphatic hydroxyl groups is 2. The van der Waals surface area contributed by atoms with Crippen LogP contribution < -0.4 is 21.3 Å². The van der Waals surface area contributed by atoms with E-state index in [1.54, 1.807) is 58.1 Å². The Kier molecular flexibility index (Phi) is 13.1. The van der Waals surface area contributed by atoms with Gasteiger partial charge in [-0.3, -0.25) is 9.79 Å². The minimum absolute atomic E-state index is 0.00170. The highest BCUT2D eigenvalue weighted by Gasteiger charge is 2.70. The van der Waals surface area contributed by atoms with Gasteiger partial charge in [0, 0.05) is 53.0 Å². The second-order valence-electron chi connectivity index (χ2n) is 19.5. The summed E-state index contributed by atoms with van der Waals surface area (Å²) in [6.45, 7) is 2.06. The van der Waals surface area contributed by atoms with Crippen molar-refractivity contribution in [2.75, 3.05) is 12.4 Å². The summed E-state index contributed by atoms with van der Waals surface area (Å²) in [6.07, 6.45) is 14.4. The van der Waals surface area contributed by atoms with Gasteiger partial charge in [0.15, 0.2) is 17.3 Å². The number of aryl methyl sites for hydroxylation is 1. The number of ketones is 1. The number of allylic oxidation sites excluding steroid dienone is 5. The van der Waals surface area contributed by atoms with Crippen LogP contribution in [0.5, 0.6) is 17.2 Å². The van der Waals surface area contributed by atoms with Gasteiger partial charge in [0.25, 0.3) is 0 Å². The molecule has 0 radical (unpaired) electrons. The van der Waals surface area contributed by atoms with Gasteiger partial charge in [-0.1, -0.05) is 70.2 Å². The third kappa shape index (κ3) is 9.17. The molecule has 0 amide bonds. The number of nitrogens with two attached hydrogens (primary N) is 2. The summed E-state index contributed by atoms with van der Waals surface area (Å²) < 4.78 is 6.16. The standard InChI is InChI=1S/C53H61N3O7S2/c1-32(57)4-2-6-44-36-14-19-53(62)30-51(44)18-15-38(58)11-8-33-10-13-47(60)49(23-33)63-21-17-34-9-12-46(59)43(22-34)42-26-48(61)39-16-20-56-45(39)7-3-5-35-24-41(50(54)55)37(25-40(35)42)28-64-65-31-52(53,27-36)29-51/h9-10,12-13,15-16,18,20,22-25,32,36,42,44,50,57,59-62H,2,4,6-8,11,14,17,19,21,26-31,54-55H2,1H3/p-1. The zero-order valence-corrected chi connectivity index (χ0v) is 38.7. The number of aromatic hydroxyl groups is 2. The minimum Gasteiger partial charge on any atom is -0.875 e. The van der Waals surface area contributed by atoms with E-state index in [1.165, 1.54) is 0 Å². The number of fused-ring (bicyclic) bond motifs is 8. The zero-order chi connectivity index (χ0) is 45.5. The highest BCUT2D eigenvalue weighted by molar-refractivity contribution is 8.76. The smallest absolute Gasteiger partial charge is 0.161 e. The van der Waals surface area contributed by atoms with Crippen molar-refractivity contribution < 1.29 is 35.1 Å². The molecule has 9 rings (SSSR count). The van der Waals surface area contributed by atoms with Crippen LogP contribution in [0.25, 0.3) is 0 Å². The number of rotatable bonds is 5. The Balaban J connectivity index is 1.11. The second-order valence-corrected chi connectivity index (χ2v) is 22.0. The average Bonchev–Trinajstić information content (AvgIpc) is 3.81. The molecule has 65 heavy (non-hydrogen) atoms. The number of aliphatic imine (C=N–C) groups is 1. The van der Waals surface area contributed by atoms with Gasteiger partial charge in [-0.05, 0) is 152 Å². The lowest BCUT2D eigenvalue weighted by Crippen LogP contribution is -2.52. The third-order valence-corrected chi connectivity index (χ3v) is 17.8. The fraction of sp³-hybridized carbons (Fsp3) is 0.472. The van der Waals surface area contributed by atoms with Gasteiger partial charge in [0.05, 0.1) is 36.6 Å². The highest BCUT2D eigenvalue weighted by Crippen LogP contribution is 2.73. The van der Waals surface area contributed by atoms with E-state index in [0.717, 1.165) is 78.5 Å². The first-order valence-electron chi connectivity index (χ1n) is 23.2. The lowest BCUT2D eigenvalue weighted by Gasteiger charge is -2.54. The number of nitrogens with zero attached hydrogens (tertiary/aromatic N) is 1. The summed E-state index contributed by atoms with van der Waals surface area (Å²) in [4.78, 5) is 18.2. The van der Waals surface area contributed by atoms with Crippen LogP contribution in [-0.2, 0) is 23.4 Å². The fourth-order valence-electron chi connectivity index (χ4n) is 12.1. The lowest BCUT2D eigenvalue weighted by atomic mass is 9.53. The number of aliphatic hydroxyl groups excluding tert-OH is 1. The summed E-state index contributed by atoms with van der Waals surface area (Å²) in [5.74, 6) is 8.38. The molecule has 2 heterocycles. The van der Waals surface area contributed by atoms with E-state index < -0.39 is 17.7 Å². The normalized spacial score (nSPS) is 29.2. The van der Waals surface area contributed by atoms with Gasteiger partial charge in [-0.15, -0.1) is 5.76 Å². The molecule has 7 unspecified atom stereocenters. The van der Waals surface area contributed by atoms with Crippen LogP contribution in [0.1, 0.15) is 129 Å². The van der Waals surface area contributed by atoms with E-state index in [-0.39, 0.29) is 53.0 Å². The van der Waals surface area contributed by atoms with Gasteiger partial charge in [-0.2, -0.15) is 0 Å². The molecule has 4 aliphatic carbocycles. The fourth-order valence-corrected chi connectivity index (χ4v) is 15.0. The van der Waals surface area contributed by atoms with Crippen LogP contribution in [0.2, 0.25) is 0 Å². The number of carbonyl (C=O) groups is 1. The number of ether oxygens (including phenoxy) is 1. The molecule has 3 aromatic carbocycles. The molecule has 3 fully saturated rings. The van der Waals surface area contributed by atoms with Gasteiger partial charge >= 0.3 is 0 Å². The van der Waals surface area contributed by atoms with E-state index in [9.17, 15) is 30.3 Å². The topological polar surface area (TPSA) is 195 Å². The first kappa shape index (κ1) is 45.7. The second kappa shape index (κ2) is 18.7. The Hall–Kier alpha value is -4.48. The largest absolute Gasteiger partial charge is 0.875 e. The Morgan fingerprint density at radius 1 is 1.00 bits per heavy atom. The molecular weight excluding hydrogens is 855 g/mol. The Labute approximate surface area is 390 Å². The van der Waals surface area contributed by atoms with E-state index >= 15 is 0 Å². The van der Waals surface area contributed by atoms with Crippen molar-refractivity contribution in [1.82, 2.24) is 0 Å². The van der Waals surface area contributed by atoms with Crippen LogP contribution in [0, 0.1) is 34.5 Å². The molecule has 342 valence electrons. The van der Waals surface area contributed by atoms with Crippen molar-refractivity contribution in [3.63, 3.8) is 0 Å². The molecule has 0 aromatic heterocycles. The minimum atomic E-state index is -0.868. The molecule has 2 aliphatic heterocycles. The molecule has 9 bridgehead atoms. The predicted octanol–water partition coefficient (Wildman–Crippen LogP) is 7.93. The Morgan fingerprint density at radius 3 is 2.63 bits per heavy atom. The first-order valence-corrected chi connectivity index (χ1v) is 25.7. The van der Waals surface area contributed by atoms with Crippen molar-refractivity contribution in [2.24, 2.45) is 39.1 Å². The average molecular weight is 915 g/mol. The monoisotopic (exact) mass is 914 g/mol. The summed E-state index contributed by atoms with van der Waals surface area (Å²) in [7, 11) is 3.47. The molecule has 7 atom stereocenters. The SMILES string of the molecule is CC(O)CCCC1C2CCC3(O)CC14C=CC(=O)CCc1ccc(O)c(c1)OCCc1ccc(O)c(c1)C1CC([O-])=C5C=CN=C5CC#Cc5cc(C(N)N)c(cc51)CSSCC3(C2)C4. The maximum absolute atomic E-state index is 14.2. The molecule has 1 spiro atoms. The summed E-state index contributed by atoms with van der Waals surface area (Å²) in [5, 5.41) is 59.6. The number of phenolic OH excluding ortho intramolecular Hbond substituents is 2. The van der Waals surface area contributed by atoms with Crippen molar-refractivity contribution in [3.8, 4) is 29.1 Å². The van der Waals surface area contributed by atoms with Crippen LogP contribution >= 0.6 is 21.6 Å². The summed E-state index contributed by atoms with van der Waals surface area (Å²) >= 11 is 0. The Bertz CT molecular complexity index is 2540. The van der Waals surface area contributed by atoms with Crippen LogP contribution in [0.4, 0.5) is 0 Å². The van der Waals surface area contributed by atoms with E-state index in [1.807, 2.05) is 31.2 Å². The van der Waals surface area contributed by atoms with E-state index in [2.05, 4.69) is 29.0 Å². The van der Waals surface area contributed by atoms with Crippen molar-refractivity contribution in [2.45, 2.75) is 120 Å². The molecule has 8 N–H and O–H groups in total. The summed E-state index contributed by atoms with van der Waals surface area (Å²) in [6, 6.07) is 14.6. The van der Waals surface area contributed by atoms with E-state index in [0.29, 0.717) is 77.9 Å². The van der Waals surface area contributed by atoms with Gasteiger partial charge < -0.3 is 41.7 Å². The molecular formula is C53H60N3O7S2-. The number of hydrogen-bond donors (Lipinski definition) is 6. The molecule has 3 aromatic rings. The molecule has 6 aliphatic rings. The van der Waals surface area contributed by atoms with Crippen molar-refractivity contribution in [1.29, 1.82) is 0 Å². The predicted molar refractivity (Wildman–Crippen MR) is 256 cm³/mol. The third-order valence-electron chi connectivity index (χ3n) is 15.3. The van der Waals surface area contributed by atoms with Crippen molar-refractivity contribution >= 4 is 33.1 Å². The zero-order valence-electron chi connectivity index (χ0n) is 37.1. The molecule has 3 saturated carbocycles. The summed E-state index contributed by atoms with van der Waals surface area (Å²) in [5.41, 5.74) is 18.1. The van der Waals surface area contributed by atoms with Crippen LogP contribution in [0.3, 0.4) is 0 Å². The van der Waals surface area contributed by atoms with E-state index in [4.69, 9.17) is 16.2 Å². The number of phenols is 2. The Morgan fingerprint density at radius 2 is 1.82 bits per heavy atom. The molecule has 0 saturated heterocycles. The van der Waals surface area contributed by atoms with Crippen LogP contribution in [-0.4, -0.2) is 56.0 Å². The lowest BCUT2D eigenvalue weighted by molar-refractivity contribution is -0.307. The van der Waals surface area contributed by atoms with Gasteiger partial charge in [0.1, 0.15) is 5.75 Å². The quantitative estimate of drug-likeness (QED) is 0.0827. The van der Waals surface area contributed by atoms with Crippen LogP contribution in [0.15, 0.2) is 89.3 Å².